The molecule has 3 aliphatic carbocycles. The van der Waals surface area contributed by atoms with E-state index < -0.39 is 11.4 Å². The van der Waals surface area contributed by atoms with Gasteiger partial charge in [0.15, 0.2) is 0 Å². The molecule has 0 heterocycles. The molecule has 0 spiro atoms. The molecule has 3 rings (SSSR count). The number of aliphatic hydroxyl groups is 1. The maximum absolute atomic E-state index is 11.8. The second-order valence-electron chi connectivity index (χ2n) is 7.28. The smallest absolute Gasteiger partial charge is 0.309 e. The van der Waals surface area contributed by atoms with Crippen LogP contribution in [0.3, 0.4) is 0 Å². The van der Waals surface area contributed by atoms with Crippen molar-refractivity contribution in [1.82, 2.24) is 0 Å². The van der Waals surface area contributed by atoms with E-state index in [9.17, 15) is 15.0 Å². The van der Waals surface area contributed by atoms with Gasteiger partial charge in [-0.1, -0.05) is 30.2 Å². The van der Waals surface area contributed by atoms with Crippen molar-refractivity contribution in [1.29, 1.82) is 0 Å². The molecule has 2 saturated carbocycles. The van der Waals surface area contributed by atoms with Crippen LogP contribution >= 0.6 is 0 Å². The summed E-state index contributed by atoms with van der Waals surface area (Å²) in [5, 5.41) is 19.5. The predicted molar refractivity (Wildman–Crippen MR) is 81.8 cm³/mol. The molecule has 21 heavy (non-hydrogen) atoms. The summed E-state index contributed by atoms with van der Waals surface area (Å²) in [5.41, 5.74) is 2.13. The van der Waals surface area contributed by atoms with E-state index in [0.29, 0.717) is 11.8 Å². The van der Waals surface area contributed by atoms with Gasteiger partial charge in [-0.05, 0) is 63.2 Å². The van der Waals surface area contributed by atoms with Gasteiger partial charge in [0.2, 0.25) is 0 Å². The van der Waals surface area contributed by atoms with E-state index in [0.717, 1.165) is 38.5 Å². The number of fused-ring (bicyclic) bond motifs is 3. The maximum atomic E-state index is 11.8. The molecule has 0 amide bonds. The molecule has 0 radical (unpaired) electrons. The maximum Gasteiger partial charge on any atom is 0.309 e. The molecule has 3 aliphatic rings. The first-order valence-electron chi connectivity index (χ1n) is 8.29. The van der Waals surface area contributed by atoms with E-state index in [-0.39, 0.29) is 12.0 Å². The second kappa shape index (κ2) is 5.28. The van der Waals surface area contributed by atoms with Gasteiger partial charge in [-0.25, -0.2) is 0 Å². The Labute approximate surface area is 126 Å². The van der Waals surface area contributed by atoms with Crippen LogP contribution in [-0.2, 0) is 4.79 Å². The van der Waals surface area contributed by atoms with Crippen LogP contribution in [0.5, 0.6) is 0 Å². The zero-order valence-electron chi connectivity index (χ0n) is 13.0. The first kappa shape index (κ1) is 14.8. The average Bonchev–Trinajstić information content (AvgIpc) is 2.46. The van der Waals surface area contributed by atoms with Gasteiger partial charge in [-0.3, -0.25) is 4.79 Å². The Balaban J connectivity index is 1.95. The monoisotopic (exact) mass is 290 g/mol. The number of carbonyl (C=O) groups is 1. The summed E-state index contributed by atoms with van der Waals surface area (Å²) >= 11 is 0. The van der Waals surface area contributed by atoms with E-state index in [1.807, 2.05) is 6.92 Å². The number of aliphatic hydroxyl groups excluding tert-OH is 1. The van der Waals surface area contributed by atoms with Crippen molar-refractivity contribution in [3.8, 4) is 0 Å². The van der Waals surface area contributed by atoms with Crippen molar-refractivity contribution in [2.75, 3.05) is 0 Å². The predicted octanol–water partition coefficient (Wildman–Crippen LogP) is 3.54. The van der Waals surface area contributed by atoms with E-state index in [2.05, 4.69) is 19.1 Å². The number of carboxylic acids is 1. The molecule has 0 bridgehead atoms. The molecule has 5 atom stereocenters. The molecule has 2 N–H and O–H groups in total. The van der Waals surface area contributed by atoms with Gasteiger partial charge < -0.3 is 10.2 Å². The van der Waals surface area contributed by atoms with Gasteiger partial charge in [0.1, 0.15) is 0 Å². The number of allylic oxidation sites excluding steroid dienone is 3. The Morgan fingerprint density at radius 3 is 2.71 bits per heavy atom. The molecule has 0 saturated heterocycles. The summed E-state index contributed by atoms with van der Waals surface area (Å²) < 4.78 is 0. The van der Waals surface area contributed by atoms with Crippen molar-refractivity contribution in [2.45, 2.75) is 58.5 Å². The average molecular weight is 290 g/mol. The topological polar surface area (TPSA) is 57.5 Å². The minimum absolute atomic E-state index is 0.151. The largest absolute Gasteiger partial charge is 0.481 e. The lowest BCUT2D eigenvalue weighted by atomic mass is 9.55. The fourth-order valence-electron chi connectivity index (χ4n) is 4.98. The van der Waals surface area contributed by atoms with Gasteiger partial charge >= 0.3 is 5.97 Å². The fraction of sp³-hybridized carbons (Fsp3) is 0.722. The standard InChI is InChI=1S/C18H26O3/c1-3-16-15-6-4-11-10-12(19)5-7-13(11)14(15)8-9-18(16,2)17(20)21/h4,6,12-14,16,19H,3,5,7-10H2,1-2H3,(H,20,21). The zero-order valence-corrected chi connectivity index (χ0v) is 13.0. The highest BCUT2D eigenvalue weighted by Gasteiger charge is 2.50. The van der Waals surface area contributed by atoms with Crippen molar-refractivity contribution in [3.05, 3.63) is 23.3 Å². The summed E-state index contributed by atoms with van der Waals surface area (Å²) in [5.74, 6) is 0.552. The van der Waals surface area contributed by atoms with Crippen LogP contribution in [0.2, 0.25) is 0 Å². The Hall–Kier alpha value is -1.09. The van der Waals surface area contributed by atoms with Crippen molar-refractivity contribution in [2.24, 2.45) is 23.2 Å². The Morgan fingerprint density at radius 2 is 2.05 bits per heavy atom. The van der Waals surface area contributed by atoms with Crippen LogP contribution in [0.4, 0.5) is 0 Å². The second-order valence-corrected chi connectivity index (χ2v) is 7.28. The van der Waals surface area contributed by atoms with Gasteiger partial charge in [0.05, 0.1) is 11.5 Å². The Kier molecular flexibility index (Phi) is 3.73. The lowest BCUT2D eigenvalue weighted by Gasteiger charge is -2.49. The van der Waals surface area contributed by atoms with Crippen LogP contribution in [0.1, 0.15) is 52.4 Å². The minimum atomic E-state index is -0.650. The van der Waals surface area contributed by atoms with Gasteiger partial charge in [0.25, 0.3) is 0 Å². The zero-order chi connectivity index (χ0) is 15.2. The van der Waals surface area contributed by atoms with Gasteiger partial charge in [-0.15, -0.1) is 0 Å². The van der Waals surface area contributed by atoms with E-state index >= 15 is 0 Å². The number of hydrogen-bond donors (Lipinski definition) is 2. The van der Waals surface area contributed by atoms with Crippen LogP contribution in [0.25, 0.3) is 0 Å². The highest BCUT2D eigenvalue weighted by atomic mass is 16.4. The van der Waals surface area contributed by atoms with Crippen molar-refractivity contribution >= 4 is 5.97 Å². The molecule has 0 aromatic rings. The van der Waals surface area contributed by atoms with Crippen molar-refractivity contribution in [3.63, 3.8) is 0 Å². The molecule has 116 valence electrons. The summed E-state index contributed by atoms with van der Waals surface area (Å²) in [4.78, 5) is 11.8. The molecule has 3 heteroatoms. The molecule has 2 fully saturated rings. The van der Waals surface area contributed by atoms with Crippen LogP contribution in [-0.4, -0.2) is 22.3 Å². The minimum Gasteiger partial charge on any atom is -0.481 e. The molecule has 5 unspecified atom stereocenters. The Morgan fingerprint density at radius 1 is 1.29 bits per heavy atom. The van der Waals surface area contributed by atoms with E-state index in [1.165, 1.54) is 11.1 Å². The first-order chi connectivity index (χ1) is 9.97. The third kappa shape index (κ3) is 2.26. The van der Waals surface area contributed by atoms with E-state index in [1.54, 1.807) is 0 Å². The normalized spacial score (nSPS) is 42.4. The molecular formula is C18H26O3. The lowest BCUT2D eigenvalue weighted by Crippen LogP contribution is -2.45. The molecular weight excluding hydrogens is 264 g/mol. The van der Waals surface area contributed by atoms with Crippen LogP contribution in [0, 0.1) is 23.2 Å². The molecule has 3 nitrogen and oxygen atoms in total. The first-order valence-corrected chi connectivity index (χ1v) is 8.29. The summed E-state index contributed by atoms with van der Waals surface area (Å²) in [7, 11) is 0. The molecule has 0 aromatic heterocycles. The lowest BCUT2D eigenvalue weighted by molar-refractivity contribution is -0.152. The number of carboxylic acid groups (broad SMARTS) is 1. The van der Waals surface area contributed by atoms with Crippen LogP contribution in [0.15, 0.2) is 23.3 Å². The molecule has 0 aromatic carbocycles. The number of hydrogen-bond acceptors (Lipinski definition) is 2. The van der Waals surface area contributed by atoms with Crippen LogP contribution < -0.4 is 0 Å². The SMILES string of the molecule is CCC1C2=CC=C3CC(O)CCC3C2CCC1(C)C(=O)O. The number of rotatable bonds is 2. The quantitative estimate of drug-likeness (QED) is 0.818. The van der Waals surface area contributed by atoms with Crippen molar-refractivity contribution < 1.29 is 15.0 Å². The van der Waals surface area contributed by atoms with E-state index in [4.69, 9.17) is 0 Å². The Bertz CT molecular complexity index is 505. The third-order valence-corrected chi connectivity index (χ3v) is 6.21. The highest BCUT2D eigenvalue weighted by molar-refractivity contribution is 5.75. The van der Waals surface area contributed by atoms with Gasteiger partial charge in [-0.2, -0.15) is 0 Å². The number of aliphatic carboxylic acids is 1. The summed E-state index contributed by atoms with van der Waals surface area (Å²) in [6, 6.07) is 0. The highest BCUT2D eigenvalue weighted by Crippen LogP contribution is 2.54. The molecule has 0 aliphatic heterocycles. The summed E-state index contributed by atoms with van der Waals surface area (Å²) in [6.45, 7) is 4.03. The summed E-state index contributed by atoms with van der Waals surface area (Å²) in [6.07, 6.45) is 9.56. The fourth-order valence-corrected chi connectivity index (χ4v) is 4.98. The third-order valence-electron chi connectivity index (χ3n) is 6.21. The van der Waals surface area contributed by atoms with Gasteiger partial charge in [0, 0.05) is 0 Å².